The van der Waals surface area contributed by atoms with Crippen LogP contribution >= 0.6 is 0 Å². The van der Waals surface area contributed by atoms with Gasteiger partial charge in [0.15, 0.2) is 0 Å². The predicted molar refractivity (Wildman–Crippen MR) is 376 cm³/mol. The molecule has 0 atom stereocenters. The summed E-state index contributed by atoms with van der Waals surface area (Å²) in [6.07, 6.45) is 20.4. The molecule has 0 bridgehead atoms. The van der Waals surface area contributed by atoms with E-state index in [9.17, 15) is 22.0 Å². The number of hydrogen-bond donors (Lipinski definition) is 0. The Morgan fingerprint density at radius 1 is 0.359 bits per heavy atom. The van der Waals surface area contributed by atoms with E-state index in [-0.39, 0.29) is 122 Å². The van der Waals surface area contributed by atoms with Crippen LogP contribution in [0.15, 0.2) is 195 Å². The van der Waals surface area contributed by atoms with Gasteiger partial charge in [-0.25, -0.2) is 33.6 Å². The van der Waals surface area contributed by atoms with Crippen LogP contribution in [0, 0.1) is 51.4 Å². The van der Waals surface area contributed by atoms with Crippen LogP contribution in [0.1, 0.15) is 171 Å². The number of hydrogen-bond acceptors (Lipinski definition) is 11. The van der Waals surface area contributed by atoms with E-state index in [2.05, 4.69) is 170 Å². The Kier molecular flexibility index (Phi) is 36.5. The minimum Gasteiger partial charge on any atom is -0.394 e. The first-order valence-corrected chi connectivity index (χ1v) is 32.0. The molecule has 103 heavy (non-hydrogen) atoms. The van der Waals surface area contributed by atoms with Crippen LogP contribution in [0.4, 0.5) is 22.0 Å². The fraction of sp³-hybridized carbons (Fsp3) is 0.280. The summed E-state index contributed by atoms with van der Waals surface area (Å²) >= 11 is 0. The molecule has 12 rings (SSSR count). The van der Waals surface area contributed by atoms with Gasteiger partial charge in [-0.3, -0.25) is 34.9 Å². The fourth-order valence-electron chi connectivity index (χ4n) is 11.2. The summed E-state index contributed by atoms with van der Waals surface area (Å²) in [4.78, 5) is 45.8. The average Bonchev–Trinajstić information content (AvgIpc) is 0.787. The summed E-state index contributed by atoms with van der Waals surface area (Å²) < 4.78 is 63.7. The van der Waals surface area contributed by atoms with Gasteiger partial charge in [-0.2, -0.15) is 60.7 Å². The standard InChI is InChI=1S/C23H24FN2.C18H16FN2.2C14H14FN2.C13H13FN3.5Ir/c1-15-9-16(2)22(17(3)10-15)18-7-6-8-19(11-18)23(4,5)21-14-25-13-20(12-24)26-21;1-18(2,17-12-20-11-14(10-19)21-17)16-9-5-7-13-6-3-4-8-15(13)16;1-14(2,11-5-4-8-16-10-11)13-7-3-6-12(9-15)17-13;1-14(2,11-6-8-16-9-7-11)13-5-3-4-12(10-15)17-13;1-13(2,10-7-15-9-16-8-10)12-5-3-4-11(6-14)17-12;;;;;/h6-7,9-11,13-14H,12H2,1-5H3;3-8,11-12H,10H2,1-2H3;3-8H,9H2,1-2H3;3-6,8-9H,10H2,1-2H3;3-5,7,9H,6H2,1-2H3;;;;;/q5*-1;;;;;. The van der Waals surface area contributed by atoms with Gasteiger partial charge in [-0.1, -0.05) is 161 Å². The third-order valence-electron chi connectivity index (χ3n) is 17.2. The van der Waals surface area contributed by atoms with Gasteiger partial charge in [0, 0.05) is 152 Å². The maximum Gasteiger partial charge on any atom is 0.133 e. The predicted octanol–water partition coefficient (Wildman–Crippen LogP) is 18.5. The van der Waals surface area contributed by atoms with Crippen molar-refractivity contribution < 1.29 is 122 Å². The van der Waals surface area contributed by atoms with E-state index in [1.807, 2.05) is 126 Å². The first kappa shape index (κ1) is 90.2. The van der Waals surface area contributed by atoms with E-state index in [0.29, 0.717) is 28.5 Å². The minimum absolute atomic E-state index is 0. The second kappa shape index (κ2) is 41.6. The molecule has 8 heterocycles. The number of pyridine rings is 5. The van der Waals surface area contributed by atoms with Gasteiger partial charge < -0.3 is 19.9 Å². The molecule has 8 aromatic heterocycles. The quantitative estimate of drug-likeness (QED) is 0.0674. The molecule has 4 aromatic carbocycles. The number of nitrogens with zero attached hydrogens (tertiary/aromatic N) is 11. The van der Waals surface area contributed by atoms with Crippen molar-refractivity contribution in [1.82, 2.24) is 54.8 Å². The van der Waals surface area contributed by atoms with Gasteiger partial charge in [0.2, 0.25) is 0 Å². The van der Waals surface area contributed by atoms with Gasteiger partial charge >= 0.3 is 0 Å². The smallest absolute Gasteiger partial charge is 0.133 e. The Morgan fingerprint density at radius 3 is 1.32 bits per heavy atom. The molecule has 0 saturated carbocycles. The molecule has 0 N–H and O–H groups in total. The number of rotatable bonds is 16. The Morgan fingerprint density at radius 2 is 0.835 bits per heavy atom. The third kappa shape index (κ3) is 23.3. The first-order chi connectivity index (χ1) is 46.9. The summed E-state index contributed by atoms with van der Waals surface area (Å²) in [6.45, 7) is 24.0. The Labute approximate surface area is 671 Å². The zero-order chi connectivity index (χ0) is 70.7. The normalized spacial score (nSPS) is 11.0. The largest absolute Gasteiger partial charge is 0.394 e. The maximum atomic E-state index is 13.0. The first-order valence-electron chi connectivity index (χ1n) is 32.0. The number of aromatic nitrogens is 11. The SMILES string of the molecule is CC(C)(c1[c-]cncc1)c1cccc(CF)n1.CC(C)(c1[c-]nccc1)c1cccc(CF)n1.CC(C)(c1[c-]ncnc1)c1cccc(CF)n1.CC(C)(c1cncc(CF)n1)c1[c-]ccc2ccccc12.Cc1cc(C)c(-c2cc[c-]c(C(C)(C)c3cncc(CF)n3)c2)c(C)c1.[Ir].[Ir].[Ir].[Ir].[Ir]. The summed E-state index contributed by atoms with van der Waals surface area (Å²) in [5.41, 5.74) is 15.3. The number of benzene rings is 4. The Hall–Kier alpha value is -6.97. The van der Waals surface area contributed by atoms with E-state index in [0.717, 1.165) is 72.6 Å². The Balaban J connectivity index is 0.000000334. The van der Waals surface area contributed by atoms with E-state index >= 15 is 0 Å². The molecule has 21 heteroatoms. The van der Waals surface area contributed by atoms with E-state index in [4.69, 9.17) is 0 Å². The molecule has 0 spiro atoms. The molecule has 12 aromatic rings. The van der Waals surface area contributed by atoms with Crippen molar-refractivity contribution in [1.29, 1.82) is 0 Å². The van der Waals surface area contributed by atoms with Gasteiger partial charge in [0.1, 0.15) is 33.4 Å². The van der Waals surface area contributed by atoms with Crippen LogP contribution < -0.4 is 0 Å². The molecule has 0 saturated heterocycles. The van der Waals surface area contributed by atoms with E-state index < -0.39 is 38.8 Å². The molecule has 0 aliphatic carbocycles. The molecular formula is C82H81F5Ir5N11-5. The zero-order valence-electron chi connectivity index (χ0n) is 59.5. The van der Waals surface area contributed by atoms with Gasteiger partial charge in [-0.15, -0.1) is 44.7 Å². The monoisotopic (exact) mass is 2280 g/mol. The van der Waals surface area contributed by atoms with Crippen LogP contribution in [0.25, 0.3) is 21.9 Å². The molecule has 0 aliphatic rings. The van der Waals surface area contributed by atoms with E-state index in [1.165, 1.54) is 41.0 Å². The second-order valence-corrected chi connectivity index (χ2v) is 26.2. The van der Waals surface area contributed by atoms with Crippen LogP contribution in [0.5, 0.6) is 0 Å². The van der Waals surface area contributed by atoms with Gasteiger partial charge in [-0.05, 0) is 85.6 Å². The van der Waals surface area contributed by atoms with Gasteiger partial charge in [0.05, 0.1) is 52.3 Å². The van der Waals surface area contributed by atoms with Crippen molar-refractivity contribution in [3.63, 3.8) is 0 Å². The topological polar surface area (TPSA) is 142 Å². The second-order valence-electron chi connectivity index (χ2n) is 26.2. The average molecular weight is 2280 g/mol. The summed E-state index contributed by atoms with van der Waals surface area (Å²) in [5.74, 6) is 0. The molecule has 5 radical (unpaired) electrons. The van der Waals surface area contributed by atoms with Crippen molar-refractivity contribution in [2.24, 2.45) is 0 Å². The number of halogens is 5. The maximum absolute atomic E-state index is 13.0. The van der Waals surface area contributed by atoms with Crippen molar-refractivity contribution in [2.75, 3.05) is 0 Å². The van der Waals surface area contributed by atoms with Crippen molar-refractivity contribution in [3.05, 3.63) is 327 Å². The van der Waals surface area contributed by atoms with Crippen molar-refractivity contribution in [3.8, 4) is 11.1 Å². The molecule has 0 fully saturated rings. The van der Waals surface area contributed by atoms with Crippen LogP contribution in [0.2, 0.25) is 0 Å². The Bertz CT molecular complexity index is 4310. The molecular weight excluding hydrogens is 2200 g/mol. The molecule has 11 nitrogen and oxygen atoms in total. The summed E-state index contributed by atoms with van der Waals surface area (Å²) in [7, 11) is 0. The fourth-order valence-corrected chi connectivity index (χ4v) is 11.2. The number of aryl methyl sites for hydroxylation is 3. The van der Waals surface area contributed by atoms with Crippen LogP contribution in [0.3, 0.4) is 0 Å². The zero-order valence-corrected chi connectivity index (χ0v) is 71.5. The van der Waals surface area contributed by atoms with Gasteiger partial charge in [0.25, 0.3) is 0 Å². The van der Waals surface area contributed by atoms with Crippen molar-refractivity contribution in [2.45, 2.75) is 150 Å². The third-order valence-corrected chi connectivity index (χ3v) is 17.2. The summed E-state index contributed by atoms with van der Waals surface area (Å²) in [6, 6.07) is 54.5. The van der Waals surface area contributed by atoms with Crippen LogP contribution in [-0.4, -0.2) is 54.8 Å². The summed E-state index contributed by atoms with van der Waals surface area (Å²) in [5, 5.41) is 2.30. The minimum atomic E-state index is -0.609. The molecule has 0 unspecified atom stereocenters. The molecule has 0 amide bonds. The number of alkyl halides is 5. The molecule has 549 valence electrons. The van der Waals surface area contributed by atoms with Crippen molar-refractivity contribution >= 4 is 10.8 Å². The number of fused-ring (bicyclic) bond motifs is 1. The van der Waals surface area contributed by atoms with E-state index in [1.54, 1.807) is 55.4 Å². The van der Waals surface area contributed by atoms with Crippen LogP contribution in [-0.2, 0) is 161 Å². The molecule has 0 aliphatic heterocycles.